The minimum atomic E-state index is -2.09. The number of carbonyl (C=O) groups excluding carboxylic acids is 3. The van der Waals surface area contributed by atoms with E-state index in [2.05, 4.69) is 15.4 Å². The number of nitriles is 1. The molecule has 2 fully saturated rings. The summed E-state index contributed by atoms with van der Waals surface area (Å²) in [5.41, 5.74) is 4.35. The number of aromatic nitrogens is 3. The van der Waals surface area contributed by atoms with Gasteiger partial charge in [-0.3, -0.25) is 14.9 Å². The van der Waals surface area contributed by atoms with Gasteiger partial charge in [0.05, 0.1) is 5.69 Å². The van der Waals surface area contributed by atoms with Gasteiger partial charge < -0.3 is 30.0 Å². The van der Waals surface area contributed by atoms with Crippen LogP contribution in [0.25, 0.3) is 5.52 Å². The minimum absolute atomic E-state index is 0.0729. The summed E-state index contributed by atoms with van der Waals surface area (Å²) in [6, 6.07) is 3.65. The van der Waals surface area contributed by atoms with Crippen molar-refractivity contribution < 1.29 is 33.7 Å². The topological polar surface area (TPSA) is 194 Å². The van der Waals surface area contributed by atoms with E-state index in [-0.39, 0.29) is 42.4 Å². The van der Waals surface area contributed by atoms with Crippen molar-refractivity contribution in [2.45, 2.75) is 102 Å². The van der Waals surface area contributed by atoms with E-state index in [1.807, 2.05) is 19.9 Å². The van der Waals surface area contributed by atoms with Crippen LogP contribution < -0.4 is 11.1 Å². The summed E-state index contributed by atoms with van der Waals surface area (Å²) >= 11 is 0. The quantitative estimate of drug-likeness (QED) is 0.333. The molecule has 4 N–H and O–H groups in total. The van der Waals surface area contributed by atoms with Crippen molar-refractivity contribution in [2.24, 2.45) is 17.6 Å². The van der Waals surface area contributed by atoms with Crippen LogP contribution in [0.1, 0.15) is 71.9 Å². The molecule has 1 aliphatic heterocycles. The Balaban J connectivity index is 1.63. The third-order valence-corrected chi connectivity index (χ3v) is 8.58. The molecule has 0 aromatic carbocycles. The Morgan fingerprint density at radius 1 is 1.25 bits per heavy atom. The molecule has 5 atom stereocenters. The Labute approximate surface area is 256 Å². The van der Waals surface area contributed by atoms with Crippen LogP contribution in [0, 0.1) is 23.2 Å². The molecule has 0 radical (unpaired) electrons. The van der Waals surface area contributed by atoms with E-state index in [9.17, 15) is 24.8 Å². The van der Waals surface area contributed by atoms with Crippen LogP contribution in [0.15, 0.2) is 18.5 Å². The lowest BCUT2D eigenvalue weighted by Crippen LogP contribution is -2.46. The molecule has 2 aromatic rings. The van der Waals surface area contributed by atoms with Gasteiger partial charge in [-0.25, -0.2) is 14.3 Å². The minimum Gasteiger partial charge on any atom is -0.463 e. The van der Waals surface area contributed by atoms with Crippen molar-refractivity contribution in [1.29, 1.82) is 5.26 Å². The number of anilines is 1. The maximum atomic E-state index is 12.9. The number of aliphatic hydroxyl groups excluding tert-OH is 1. The Bertz CT molecular complexity index is 1380. The Morgan fingerprint density at radius 3 is 2.59 bits per heavy atom. The zero-order valence-corrected chi connectivity index (χ0v) is 25.9. The molecule has 240 valence electrons. The molecule has 1 aliphatic carbocycles. The molecule has 0 unspecified atom stereocenters. The second-order valence-electron chi connectivity index (χ2n) is 12.3. The van der Waals surface area contributed by atoms with E-state index >= 15 is 0 Å². The molecule has 4 rings (SSSR count). The normalized spacial score (nSPS) is 24.7. The smallest absolute Gasteiger partial charge is 0.323 e. The Hall–Kier alpha value is -3.80. The third kappa shape index (κ3) is 6.80. The number of nitrogens with two attached hydrogens (primary N) is 1. The van der Waals surface area contributed by atoms with Gasteiger partial charge in [-0.2, -0.15) is 10.4 Å². The molecule has 0 bridgehead atoms. The van der Waals surface area contributed by atoms with Crippen LogP contribution in [-0.4, -0.2) is 86.6 Å². The second kappa shape index (κ2) is 13.9. The van der Waals surface area contributed by atoms with E-state index in [0.29, 0.717) is 5.52 Å². The number of amides is 2. The number of aliphatic hydroxyl groups is 1. The molecular formula is C30H43N7O7. The van der Waals surface area contributed by atoms with Crippen LogP contribution in [0.3, 0.4) is 0 Å². The predicted octanol–water partition coefficient (Wildman–Crippen LogP) is 2.49. The summed E-state index contributed by atoms with van der Waals surface area (Å²) in [7, 11) is 1.64. The summed E-state index contributed by atoms with van der Waals surface area (Å²) in [6.07, 6.45) is 2.37. The fraction of sp³-hybridized carbons (Fsp3) is 0.667. The molecule has 1 saturated heterocycles. The average molecular weight is 614 g/mol. The number of rotatable bonds is 10. The zero-order valence-electron chi connectivity index (χ0n) is 25.9. The number of carbonyl (C=O) groups is 3. The van der Waals surface area contributed by atoms with Gasteiger partial charge in [0.1, 0.15) is 42.8 Å². The molecule has 0 spiro atoms. The largest absolute Gasteiger partial charge is 0.463 e. The van der Waals surface area contributed by atoms with Gasteiger partial charge in [0, 0.05) is 19.5 Å². The molecule has 14 nitrogen and oxygen atoms in total. The summed E-state index contributed by atoms with van der Waals surface area (Å²) in [5.74, 6) is -1.07. The van der Waals surface area contributed by atoms with Crippen molar-refractivity contribution in [3.63, 3.8) is 0 Å². The lowest BCUT2D eigenvalue weighted by molar-refractivity contribution is -0.162. The van der Waals surface area contributed by atoms with Crippen molar-refractivity contribution in [3.05, 3.63) is 24.2 Å². The highest BCUT2D eigenvalue weighted by Crippen LogP contribution is 2.42. The molecule has 14 heteroatoms. The lowest BCUT2D eigenvalue weighted by atomic mass is 9.87. The van der Waals surface area contributed by atoms with Crippen LogP contribution in [0.5, 0.6) is 0 Å². The van der Waals surface area contributed by atoms with Crippen molar-refractivity contribution >= 4 is 29.3 Å². The third-order valence-electron chi connectivity index (χ3n) is 8.58. The first-order chi connectivity index (χ1) is 20.9. The van der Waals surface area contributed by atoms with E-state index in [1.165, 1.54) is 21.8 Å². The predicted molar refractivity (Wildman–Crippen MR) is 158 cm³/mol. The monoisotopic (exact) mass is 613 g/mol. The fourth-order valence-corrected chi connectivity index (χ4v) is 5.52. The highest BCUT2D eigenvalue weighted by atomic mass is 16.6. The first kappa shape index (κ1) is 33.1. The van der Waals surface area contributed by atoms with Gasteiger partial charge in [-0.15, -0.1) is 0 Å². The number of hydrogen-bond donors (Lipinski definition) is 3. The number of urea groups is 1. The van der Waals surface area contributed by atoms with Gasteiger partial charge in [0.2, 0.25) is 5.60 Å². The second-order valence-corrected chi connectivity index (χ2v) is 12.3. The van der Waals surface area contributed by atoms with Gasteiger partial charge in [0.25, 0.3) is 0 Å². The number of esters is 2. The van der Waals surface area contributed by atoms with Crippen LogP contribution in [-0.2, 0) is 29.4 Å². The maximum absolute atomic E-state index is 12.9. The van der Waals surface area contributed by atoms with E-state index in [1.54, 1.807) is 27.0 Å². The molecule has 2 aliphatic rings. The SMILES string of the molecule is CC(C)[C@H](N)C(=O)O[C@H]1[C@@H](O)[C@](C#N)(c2ccc3c(NC(=O)N(C)C(C)C)ncnn23)O[C@@H]1COC(=O)CC1CCCCC1. The summed E-state index contributed by atoms with van der Waals surface area (Å²) < 4.78 is 18.7. The van der Waals surface area contributed by atoms with Gasteiger partial charge in [0.15, 0.2) is 11.9 Å². The number of nitrogens with zero attached hydrogens (tertiary/aromatic N) is 5. The van der Waals surface area contributed by atoms with Crippen LogP contribution in [0.4, 0.5) is 10.6 Å². The molecule has 3 heterocycles. The Morgan fingerprint density at radius 2 is 1.95 bits per heavy atom. The van der Waals surface area contributed by atoms with E-state index in [0.717, 1.165) is 32.1 Å². The van der Waals surface area contributed by atoms with Gasteiger partial charge in [-0.1, -0.05) is 33.1 Å². The zero-order chi connectivity index (χ0) is 32.2. The summed E-state index contributed by atoms with van der Waals surface area (Å²) in [5, 5.41) is 29.1. The van der Waals surface area contributed by atoms with Crippen molar-refractivity contribution in [1.82, 2.24) is 19.5 Å². The van der Waals surface area contributed by atoms with E-state index < -0.39 is 47.9 Å². The summed E-state index contributed by atoms with van der Waals surface area (Å²) in [4.78, 5) is 44.0. The lowest BCUT2D eigenvalue weighted by Gasteiger charge is -2.26. The van der Waals surface area contributed by atoms with Crippen LogP contribution in [0.2, 0.25) is 0 Å². The first-order valence-corrected chi connectivity index (χ1v) is 15.2. The number of fused-ring (bicyclic) bond motifs is 1. The summed E-state index contributed by atoms with van der Waals surface area (Å²) in [6.45, 7) is 6.86. The number of ether oxygens (including phenoxy) is 3. The number of nitrogens with one attached hydrogen (secondary N) is 1. The van der Waals surface area contributed by atoms with Crippen LogP contribution >= 0.6 is 0 Å². The molecule has 2 aromatic heterocycles. The molecule has 44 heavy (non-hydrogen) atoms. The van der Waals surface area contributed by atoms with E-state index in [4.69, 9.17) is 19.9 Å². The van der Waals surface area contributed by atoms with Gasteiger partial charge >= 0.3 is 18.0 Å². The molecular weight excluding hydrogens is 570 g/mol. The highest BCUT2D eigenvalue weighted by molar-refractivity contribution is 5.92. The van der Waals surface area contributed by atoms with Crippen molar-refractivity contribution in [2.75, 3.05) is 19.0 Å². The number of hydrogen-bond acceptors (Lipinski definition) is 11. The van der Waals surface area contributed by atoms with Crippen molar-refractivity contribution in [3.8, 4) is 6.07 Å². The Kier molecular flexibility index (Phi) is 10.4. The first-order valence-electron chi connectivity index (χ1n) is 15.2. The standard InChI is InChI=1S/C30H43N7O7/c1-17(2)24(32)28(40)43-25-21(14-42-23(38)13-19-9-7-6-8-10-19)44-30(15-31,26(25)39)22-12-11-20-27(33-16-34-37(20)22)35-29(41)36(5)18(3)4/h11-12,16-19,21,24-26,39H,6-10,13-14,32H2,1-5H3,(H,33,34,35,41)/t21-,24+,25-,26-,30+/m1/s1. The molecule has 1 saturated carbocycles. The highest BCUT2D eigenvalue weighted by Gasteiger charge is 2.60. The van der Waals surface area contributed by atoms with Gasteiger partial charge in [-0.05, 0) is 50.7 Å². The fourth-order valence-electron chi connectivity index (χ4n) is 5.52. The molecule has 2 amide bonds. The average Bonchev–Trinajstić information content (AvgIpc) is 3.55. The maximum Gasteiger partial charge on any atom is 0.323 e.